The standard InChI is InChI=1S/C12H12ClFO3S/c13-10-2-1-3-11(14)9(10)6-12(15)8-4-5-18(16,17)7-8/h1-3,8H,4-7H2. The molecule has 1 aromatic carbocycles. The maximum absolute atomic E-state index is 13.5. The van der Waals surface area contributed by atoms with Gasteiger partial charge in [-0.3, -0.25) is 4.79 Å². The molecule has 0 amide bonds. The minimum atomic E-state index is -3.10. The third-order valence-electron chi connectivity index (χ3n) is 3.10. The van der Waals surface area contributed by atoms with E-state index in [0.29, 0.717) is 6.42 Å². The molecule has 1 aromatic rings. The zero-order valence-corrected chi connectivity index (χ0v) is 11.1. The van der Waals surface area contributed by atoms with Crippen LogP contribution in [0.3, 0.4) is 0 Å². The van der Waals surface area contributed by atoms with Crippen LogP contribution in [-0.2, 0) is 21.1 Å². The van der Waals surface area contributed by atoms with Crippen LogP contribution < -0.4 is 0 Å². The van der Waals surface area contributed by atoms with Gasteiger partial charge in [0.1, 0.15) is 11.6 Å². The zero-order chi connectivity index (χ0) is 13.3. The maximum Gasteiger partial charge on any atom is 0.151 e. The molecule has 18 heavy (non-hydrogen) atoms. The molecule has 0 radical (unpaired) electrons. The van der Waals surface area contributed by atoms with Gasteiger partial charge in [-0.05, 0) is 18.6 Å². The largest absolute Gasteiger partial charge is 0.299 e. The number of Topliss-reactive ketones (excluding diaryl/α,β-unsaturated/α-hetero) is 1. The van der Waals surface area contributed by atoms with E-state index in [2.05, 4.69) is 0 Å². The second-order valence-electron chi connectivity index (χ2n) is 4.44. The summed E-state index contributed by atoms with van der Waals surface area (Å²) < 4.78 is 36.1. The Morgan fingerprint density at radius 1 is 1.44 bits per heavy atom. The van der Waals surface area contributed by atoms with E-state index in [0.717, 1.165) is 0 Å². The topological polar surface area (TPSA) is 51.2 Å². The third-order valence-corrected chi connectivity index (χ3v) is 5.22. The average molecular weight is 291 g/mol. The van der Waals surface area contributed by atoms with E-state index in [9.17, 15) is 17.6 Å². The molecule has 1 aliphatic heterocycles. The Bertz CT molecular complexity index is 563. The minimum absolute atomic E-state index is 0.0361. The summed E-state index contributed by atoms with van der Waals surface area (Å²) in [5, 5.41) is 0.198. The lowest BCUT2D eigenvalue weighted by molar-refractivity contribution is -0.121. The van der Waals surface area contributed by atoms with Crippen molar-refractivity contribution in [2.45, 2.75) is 12.8 Å². The average Bonchev–Trinajstić information content (AvgIpc) is 2.64. The van der Waals surface area contributed by atoms with Crippen molar-refractivity contribution in [1.82, 2.24) is 0 Å². The molecule has 0 aromatic heterocycles. The van der Waals surface area contributed by atoms with Gasteiger partial charge in [-0.25, -0.2) is 12.8 Å². The maximum atomic E-state index is 13.5. The lowest BCUT2D eigenvalue weighted by Crippen LogP contribution is -2.18. The molecule has 1 heterocycles. The second kappa shape index (κ2) is 4.97. The van der Waals surface area contributed by atoms with Gasteiger partial charge >= 0.3 is 0 Å². The summed E-state index contributed by atoms with van der Waals surface area (Å²) in [4.78, 5) is 11.9. The summed E-state index contributed by atoms with van der Waals surface area (Å²) in [7, 11) is -3.10. The van der Waals surface area contributed by atoms with E-state index in [4.69, 9.17) is 11.6 Å². The number of hydrogen-bond donors (Lipinski definition) is 0. The number of sulfone groups is 1. The smallest absolute Gasteiger partial charge is 0.151 e. The van der Waals surface area contributed by atoms with Crippen LogP contribution in [0.2, 0.25) is 5.02 Å². The van der Waals surface area contributed by atoms with E-state index >= 15 is 0 Å². The van der Waals surface area contributed by atoms with Crippen LogP contribution in [0.25, 0.3) is 0 Å². The highest BCUT2D eigenvalue weighted by Gasteiger charge is 2.33. The number of carbonyl (C=O) groups excluding carboxylic acids is 1. The Kier molecular flexibility index (Phi) is 3.73. The molecule has 2 rings (SSSR count). The van der Waals surface area contributed by atoms with Crippen LogP contribution in [0.4, 0.5) is 4.39 Å². The van der Waals surface area contributed by atoms with Crippen LogP contribution in [-0.4, -0.2) is 25.7 Å². The Balaban J connectivity index is 2.13. The number of rotatable bonds is 3. The van der Waals surface area contributed by atoms with E-state index in [-0.39, 0.29) is 34.3 Å². The molecule has 0 saturated carbocycles. The minimum Gasteiger partial charge on any atom is -0.299 e. The first-order valence-electron chi connectivity index (χ1n) is 5.55. The quantitative estimate of drug-likeness (QED) is 0.856. The Morgan fingerprint density at radius 2 is 2.17 bits per heavy atom. The number of carbonyl (C=O) groups is 1. The summed E-state index contributed by atoms with van der Waals surface area (Å²) in [5.74, 6) is -1.41. The normalized spacial score (nSPS) is 22.0. The lowest BCUT2D eigenvalue weighted by atomic mass is 9.97. The van der Waals surface area contributed by atoms with Crippen LogP contribution in [0.1, 0.15) is 12.0 Å². The van der Waals surface area contributed by atoms with E-state index < -0.39 is 21.6 Å². The van der Waals surface area contributed by atoms with Crippen molar-refractivity contribution >= 4 is 27.2 Å². The van der Waals surface area contributed by atoms with Crippen LogP contribution in [0, 0.1) is 11.7 Å². The van der Waals surface area contributed by atoms with Crippen molar-refractivity contribution in [2.75, 3.05) is 11.5 Å². The predicted molar refractivity (Wildman–Crippen MR) is 66.9 cm³/mol. The fraction of sp³-hybridized carbons (Fsp3) is 0.417. The summed E-state index contributed by atoms with van der Waals surface area (Å²) in [6.45, 7) is 0. The van der Waals surface area contributed by atoms with Gasteiger partial charge in [-0.1, -0.05) is 17.7 Å². The van der Waals surface area contributed by atoms with E-state index in [1.54, 1.807) is 0 Å². The highest BCUT2D eigenvalue weighted by molar-refractivity contribution is 7.91. The molecule has 1 saturated heterocycles. The summed E-state index contributed by atoms with van der Waals surface area (Å²) >= 11 is 5.83. The van der Waals surface area contributed by atoms with Crippen molar-refractivity contribution in [2.24, 2.45) is 5.92 Å². The van der Waals surface area contributed by atoms with Gasteiger partial charge in [-0.15, -0.1) is 0 Å². The first-order valence-corrected chi connectivity index (χ1v) is 7.75. The fourth-order valence-electron chi connectivity index (χ4n) is 2.07. The molecule has 98 valence electrons. The van der Waals surface area contributed by atoms with Crippen LogP contribution >= 0.6 is 11.6 Å². The first kappa shape index (κ1) is 13.5. The fourth-order valence-corrected chi connectivity index (χ4v) is 4.07. The molecular formula is C12H12ClFO3S. The van der Waals surface area contributed by atoms with Gasteiger partial charge in [0.2, 0.25) is 0 Å². The van der Waals surface area contributed by atoms with Crippen molar-refractivity contribution in [3.63, 3.8) is 0 Å². The van der Waals surface area contributed by atoms with Crippen molar-refractivity contribution < 1.29 is 17.6 Å². The molecule has 1 fully saturated rings. The summed E-state index contributed by atoms with van der Waals surface area (Å²) in [6.07, 6.45) is 0.179. The second-order valence-corrected chi connectivity index (χ2v) is 7.08. The van der Waals surface area contributed by atoms with Gasteiger partial charge in [0.05, 0.1) is 11.5 Å². The SMILES string of the molecule is O=C(Cc1c(F)cccc1Cl)C1CCS(=O)(=O)C1. The number of benzene rings is 1. The van der Waals surface area contributed by atoms with Gasteiger partial charge in [-0.2, -0.15) is 0 Å². The van der Waals surface area contributed by atoms with E-state index in [1.165, 1.54) is 18.2 Å². The first-order chi connectivity index (χ1) is 8.39. The van der Waals surface area contributed by atoms with Crippen molar-refractivity contribution in [3.8, 4) is 0 Å². The number of halogens is 2. The molecule has 1 unspecified atom stereocenters. The Hall–Kier alpha value is -0.940. The summed E-state index contributed by atoms with van der Waals surface area (Å²) in [5.41, 5.74) is 0.147. The zero-order valence-electron chi connectivity index (χ0n) is 9.53. The monoisotopic (exact) mass is 290 g/mol. The Morgan fingerprint density at radius 3 is 2.72 bits per heavy atom. The summed E-state index contributed by atoms with van der Waals surface area (Å²) in [6, 6.07) is 4.21. The molecule has 1 atom stereocenters. The van der Waals surface area contributed by atoms with Gasteiger partial charge in [0.15, 0.2) is 9.84 Å². The molecule has 6 heteroatoms. The van der Waals surface area contributed by atoms with E-state index in [1.807, 2.05) is 0 Å². The van der Waals surface area contributed by atoms with Gasteiger partial charge in [0.25, 0.3) is 0 Å². The molecule has 0 N–H and O–H groups in total. The van der Waals surface area contributed by atoms with Crippen molar-refractivity contribution in [3.05, 3.63) is 34.6 Å². The highest BCUT2D eigenvalue weighted by atomic mass is 35.5. The van der Waals surface area contributed by atoms with Gasteiger partial charge in [0, 0.05) is 22.9 Å². The molecular weight excluding hydrogens is 279 g/mol. The number of ketones is 1. The highest BCUT2D eigenvalue weighted by Crippen LogP contribution is 2.24. The molecule has 0 spiro atoms. The van der Waals surface area contributed by atoms with Crippen LogP contribution in [0.15, 0.2) is 18.2 Å². The molecule has 0 aliphatic carbocycles. The Labute approximate surface area is 110 Å². The molecule has 3 nitrogen and oxygen atoms in total. The van der Waals surface area contributed by atoms with Crippen LogP contribution in [0.5, 0.6) is 0 Å². The predicted octanol–water partition coefficient (Wildman–Crippen LogP) is 2.03. The third kappa shape index (κ3) is 2.90. The van der Waals surface area contributed by atoms with Crippen molar-refractivity contribution in [1.29, 1.82) is 0 Å². The lowest BCUT2D eigenvalue weighted by Gasteiger charge is -2.08. The molecule has 0 bridgehead atoms. The molecule has 1 aliphatic rings. The van der Waals surface area contributed by atoms with Gasteiger partial charge < -0.3 is 0 Å². The number of hydrogen-bond acceptors (Lipinski definition) is 3.